The Balaban J connectivity index is 1.56. The zero-order valence-electron chi connectivity index (χ0n) is 15.3. The molecular formula is C20H27N5O. The summed E-state index contributed by atoms with van der Waals surface area (Å²) in [6.07, 6.45) is 2.66. The van der Waals surface area contributed by atoms with E-state index in [1.54, 1.807) is 12.1 Å². The lowest BCUT2D eigenvalue weighted by Crippen LogP contribution is -2.52. The number of piperazine rings is 1. The summed E-state index contributed by atoms with van der Waals surface area (Å²) in [5.41, 5.74) is 1.10. The van der Waals surface area contributed by atoms with Crippen LogP contribution in [-0.2, 0) is 6.42 Å². The molecule has 2 heterocycles. The van der Waals surface area contributed by atoms with E-state index >= 15 is 0 Å². The van der Waals surface area contributed by atoms with Gasteiger partial charge in [-0.05, 0) is 43.2 Å². The van der Waals surface area contributed by atoms with Crippen molar-refractivity contribution in [2.24, 2.45) is 4.99 Å². The fraction of sp³-hybridized carbons (Fsp3) is 0.400. The summed E-state index contributed by atoms with van der Waals surface area (Å²) in [6, 6.07) is 13.4. The summed E-state index contributed by atoms with van der Waals surface area (Å²) in [4.78, 5) is 13.8. The third-order valence-electron chi connectivity index (χ3n) is 4.46. The van der Waals surface area contributed by atoms with Crippen LogP contribution in [0.4, 0.5) is 5.82 Å². The molecule has 0 bridgehead atoms. The fourth-order valence-electron chi connectivity index (χ4n) is 3.12. The number of aliphatic imine (C=N–C) groups is 1. The molecule has 3 rings (SSSR count). The molecule has 0 radical (unpaired) electrons. The summed E-state index contributed by atoms with van der Waals surface area (Å²) in [5.74, 6) is 2.32. The van der Waals surface area contributed by atoms with Crippen molar-refractivity contribution in [2.45, 2.75) is 13.3 Å². The number of aromatic nitrogens is 1. The van der Waals surface area contributed by atoms with Gasteiger partial charge in [0, 0.05) is 45.5 Å². The molecule has 0 spiro atoms. The van der Waals surface area contributed by atoms with E-state index in [1.165, 1.54) is 0 Å². The number of nitrogens with one attached hydrogen (secondary N) is 1. The van der Waals surface area contributed by atoms with Crippen LogP contribution in [0, 0.1) is 0 Å². The maximum Gasteiger partial charge on any atom is 0.194 e. The molecule has 1 aliphatic heterocycles. The Morgan fingerprint density at radius 2 is 2.00 bits per heavy atom. The Kier molecular flexibility index (Phi) is 6.30. The van der Waals surface area contributed by atoms with E-state index in [0.717, 1.165) is 56.5 Å². The van der Waals surface area contributed by atoms with Gasteiger partial charge in [-0.3, -0.25) is 4.99 Å². The lowest BCUT2D eigenvalue weighted by molar-refractivity contribution is 0.371. The van der Waals surface area contributed by atoms with Gasteiger partial charge in [-0.2, -0.15) is 0 Å². The van der Waals surface area contributed by atoms with Crippen molar-refractivity contribution in [2.75, 3.05) is 44.2 Å². The van der Waals surface area contributed by atoms with Gasteiger partial charge in [0.15, 0.2) is 5.96 Å². The van der Waals surface area contributed by atoms with Gasteiger partial charge in [0.25, 0.3) is 0 Å². The number of phenolic OH excluding ortho intramolecular Hbond substituents is 1. The number of phenols is 1. The highest BCUT2D eigenvalue weighted by molar-refractivity contribution is 5.80. The first kappa shape index (κ1) is 18.0. The third-order valence-corrected chi connectivity index (χ3v) is 4.46. The van der Waals surface area contributed by atoms with Gasteiger partial charge in [-0.25, -0.2) is 4.98 Å². The summed E-state index contributed by atoms with van der Waals surface area (Å²) in [6.45, 7) is 7.37. The number of anilines is 1. The fourth-order valence-corrected chi connectivity index (χ4v) is 3.12. The summed E-state index contributed by atoms with van der Waals surface area (Å²) < 4.78 is 0. The second kappa shape index (κ2) is 9.08. The van der Waals surface area contributed by atoms with E-state index in [0.29, 0.717) is 12.3 Å². The summed E-state index contributed by atoms with van der Waals surface area (Å²) in [5, 5.41) is 13.0. The first-order valence-electron chi connectivity index (χ1n) is 9.23. The standard InChI is InChI=1S/C20H27N5O/c1-2-21-20(23-11-9-17-6-5-7-18(26)16-17)25-14-12-24(13-15-25)19-8-3-4-10-22-19/h3-8,10,16,26H,2,9,11-15H2,1H3,(H,21,23). The van der Waals surface area contributed by atoms with Crippen molar-refractivity contribution >= 4 is 11.8 Å². The zero-order chi connectivity index (χ0) is 18.2. The van der Waals surface area contributed by atoms with E-state index in [4.69, 9.17) is 4.99 Å². The molecule has 1 aliphatic rings. The van der Waals surface area contributed by atoms with Crippen molar-refractivity contribution in [3.63, 3.8) is 0 Å². The van der Waals surface area contributed by atoms with Gasteiger partial charge in [0.1, 0.15) is 11.6 Å². The number of benzene rings is 1. The molecule has 0 amide bonds. The lowest BCUT2D eigenvalue weighted by atomic mass is 10.1. The number of rotatable bonds is 5. The van der Waals surface area contributed by atoms with E-state index in [1.807, 2.05) is 30.5 Å². The van der Waals surface area contributed by atoms with Gasteiger partial charge in [0.2, 0.25) is 0 Å². The number of nitrogens with zero attached hydrogens (tertiary/aromatic N) is 4. The highest BCUT2D eigenvalue weighted by Crippen LogP contribution is 2.13. The van der Waals surface area contributed by atoms with Gasteiger partial charge >= 0.3 is 0 Å². The molecule has 1 aromatic heterocycles. The van der Waals surface area contributed by atoms with E-state index in [2.05, 4.69) is 33.1 Å². The Labute approximate surface area is 155 Å². The maximum atomic E-state index is 9.56. The minimum Gasteiger partial charge on any atom is -0.508 e. The molecule has 26 heavy (non-hydrogen) atoms. The van der Waals surface area contributed by atoms with Crippen LogP contribution in [0.25, 0.3) is 0 Å². The molecule has 0 unspecified atom stereocenters. The van der Waals surface area contributed by atoms with Crippen molar-refractivity contribution in [3.05, 3.63) is 54.2 Å². The quantitative estimate of drug-likeness (QED) is 0.637. The van der Waals surface area contributed by atoms with Crippen LogP contribution < -0.4 is 10.2 Å². The van der Waals surface area contributed by atoms with Crippen LogP contribution in [0.15, 0.2) is 53.7 Å². The zero-order valence-corrected chi connectivity index (χ0v) is 15.3. The van der Waals surface area contributed by atoms with Gasteiger partial charge in [-0.15, -0.1) is 0 Å². The maximum absolute atomic E-state index is 9.56. The number of guanidine groups is 1. The average Bonchev–Trinajstić information content (AvgIpc) is 2.68. The summed E-state index contributed by atoms with van der Waals surface area (Å²) >= 11 is 0. The minimum absolute atomic E-state index is 0.309. The monoisotopic (exact) mass is 353 g/mol. The number of aromatic hydroxyl groups is 1. The van der Waals surface area contributed by atoms with Crippen molar-refractivity contribution in [1.29, 1.82) is 0 Å². The SMILES string of the molecule is CCNC(=NCCc1cccc(O)c1)N1CCN(c2ccccn2)CC1. The minimum atomic E-state index is 0.309. The normalized spacial score (nSPS) is 15.2. The predicted molar refractivity (Wildman–Crippen MR) is 106 cm³/mol. The van der Waals surface area contributed by atoms with Gasteiger partial charge < -0.3 is 20.2 Å². The first-order valence-corrected chi connectivity index (χ1v) is 9.23. The van der Waals surface area contributed by atoms with Crippen LogP contribution in [0.3, 0.4) is 0 Å². The molecule has 6 nitrogen and oxygen atoms in total. The number of hydrogen-bond donors (Lipinski definition) is 2. The molecule has 1 fully saturated rings. The van der Waals surface area contributed by atoms with Crippen LogP contribution >= 0.6 is 0 Å². The van der Waals surface area contributed by atoms with E-state index in [-0.39, 0.29) is 0 Å². The molecule has 2 N–H and O–H groups in total. The van der Waals surface area contributed by atoms with Crippen LogP contribution in [0.2, 0.25) is 0 Å². The average molecular weight is 353 g/mol. The molecule has 1 saturated heterocycles. The highest BCUT2D eigenvalue weighted by atomic mass is 16.3. The molecule has 138 valence electrons. The summed E-state index contributed by atoms with van der Waals surface area (Å²) in [7, 11) is 0. The van der Waals surface area contributed by atoms with Gasteiger partial charge in [-0.1, -0.05) is 18.2 Å². The Bertz CT molecular complexity index is 711. The molecule has 6 heteroatoms. The predicted octanol–water partition coefficient (Wildman–Crippen LogP) is 2.12. The molecular weight excluding hydrogens is 326 g/mol. The van der Waals surface area contributed by atoms with Crippen molar-refractivity contribution in [3.8, 4) is 5.75 Å². The number of hydrogen-bond acceptors (Lipinski definition) is 4. The second-order valence-electron chi connectivity index (χ2n) is 6.32. The van der Waals surface area contributed by atoms with Crippen LogP contribution in [0.5, 0.6) is 5.75 Å². The van der Waals surface area contributed by atoms with Gasteiger partial charge in [0.05, 0.1) is 0 Å². The second-order valence-corrected chi connectivity index (χ2v) is 6.32. The molecule has 0 aliphatic carbocycles. The van der Waals surface area contributed by atoms with Crippen LogP contribution in [-0.4, -0.2) is 60.2 Å². The Morgan fingerprint density at radius 3 is 2.69 bits per heavy atom. The lowest BCUT2D eigenvalue weighted by Gasteiger charge is -2.37. The van der Waals surface area contributed by atoms with Crippen molar-refractivity contribution in [1.82, 2.24) is 15.2 Å². The van der Waals surface area contributed by atoms with Crippen LogP contribution in [0.1, 0.15) is 12.5 Å². The van der Waals surface area contributed by atoms with Crippen molar-refractivity contribution < 1.29 is 5.11 Å². The molecule has 0 saturated carbocycles. The first-order chi connectivity index (χ1) is 12.8. The highest BCUT2D eigenvalue weighted by Gasteiger charge is 2.20. The molecule has 0 atom stereocenters. The smallest absolute Gasteiger partial charge is 0.194 e. The Morgan fingerprint density at radius 1 is 1.15 bits per heavy atom. The molecule has 2 aromatic rings. The largest absolute Gasteiger partial charge is 0.508 e. The third kappa shape index (κ3) is 4.88. The number of pyridine rings is 1. The topological polar surface area (TPSA) is 64.0 Å². The van der Waals surface area contributed by atoms with E-state index < -0.39 is 0 Å². The Hall–Kier alpha value is -2.76. The molecule has 1 aromatic carbocycles. The van der Waals surface area contributed by atoms with E-state index in [9.17, 15) is 5.11 Å².